The predicted octanol–water partition coefficient (Wildman–Crippen LogP) is 5.69. The van der Waals surface area contributed by atoms with Crippen LogP contribution in [0.15, 0.2) is 23.1 Å². The van der Waals surface area contributed by atoms with E-state index in [1.54, 1.807) is 11.3 Å². The van der Waals surface area contributed by atoms with E-state index in [-0.39, 0.29) is 18.4 Å². The van der Waals surface area contributed by atoms with Crippen LogP contribution in [-0.4, -0.2) is 36.6 Å². The molecular formula is C23H35NO4S. The van der Waals surface area contributed by atoms with Gasteiger partial charge < -0.3 is 14.2 Å². The summed E-state index contributed by atoms with van der Waals surface area (Å²) >= 11 is 1.61. The smallest absolute Gasteiger partial charge is 0.303 e. The Morgan fingerprint density at radius 2 is 2.28 bits per heavy atom. The maximum atomic E-state index is 11.4. The molecule has 1 aliphatic heterocycles. The molecule has 5 nitrogen and oxygen atoms in total. The monoisotopic (exact) mass is 421 g/mol. The lowest BCUT2D eigenvalue weighted by atomic mass is 10.0. The number of ether oxygens (including phenoxy) is 3. The predicted molar refractivity (Wildman–Crippen MR) is 118 cm³/mol. The number of carbonyl (C=O) groups is 1. The van der Waals surface area contributed by atoms with Crippen molar-refractivity contribution in [1.29, 1.82) is 0 Å². The zero-order valence-electron chi connectivity index (χ0n) is 18.2. The van der Waals surface area contributed by atoms with E-state index in [9.17, 15) is 4.79 Å². The second-order valence-electron chi connectivity index (χ2n) is 7.86. The average molecular weight is 422 g/mol. The first kappa shape index (κ1) is 23.8. The molecule has 2 heterocycles. The molecule has 0 radical (unpaired) electrons. The summed E-state index contributed by atoms with van der Waals surface area (Å²) in [4.78, 5) is 15.8. The molecule has 0 amide bonds. The standard InChI is InChI=1S/C23H35NO4S/c1-17(7-5-8-18(2)15-27-23-9-6-14-26-23)10-12-22(28-20(4)25)13-11-21-16-29-19(3)24-21/h10-11,13,16,18,22-23H,5-9,12,14-15H2,1-4H3/b13-11+,17-10+/t18-,22?,23?/m0/s1. The Morgan fingerprint density at radius 1 is 1.45 bits per heavy atom. The van der Waals surface area contributed by atoms with E-state index in [0.29, 0.717) is 12.3 Å². The Labute approximate surface area is 179 Å². The van der Waals surface area contributed by atoms with E-state index in [1.165, 1.54) is 12.5 Å². The summed E-state index contributed by atoms with van der Waals surface area (Å²) in [6, 6.07) is 0. The molecule has 0 N–H and O–H groups in total. The molecule has 6 heteroatoms. The zero-order chi connectivity index (χ0) is 21.1. The van der Waals surface area contributed by atoms with Crippen molar-refractivity contribution >= 4 is 23.4 Å². The van der Waals surface area contributed by atoms with Crippen LogP contribution < -0.4 is 0 Å². The minimum atomic E-state index is -0.264. The first-order valence-corrected chi connectivity index (χ1v) is 11.5. The highest BCUT2D eigenvalue weighted by atomic mass is 32.1. The summed E-state index contributed by atoms with van der Waals surface area (Å²) in [7, 11) is 0. The number of nitrogens with zero attached hydrogens (tertiary/aromatic N) is 1. The molecule has 1 fully saturated rings. The fourth-order valence-electron chi connectivity index (χ4n) is 3.23. The van der Waals surface area contributed by atoms with E-state index < -0.39 is 0 Å². The normalized spacial score (nSPS) is 19.6. The Kier molecular flexibility index (Phi) is 10.6. The van der Waals surface area contributed by atoms with Crippen LogP contribution in [0.4, 0.5) is 0 Å². The quantitative estimate of drug-likeness (QED) is 0.320. The van der Waals surface area contributed by atoms with Crippen LogP contribution in [-0.2, 0) is 19.0 Å². The van der Waals surface area contributed by atoms with E-state index in [0.717, 1.165) is 56.0 Å². The van der Waals surface area contributed by atoms with Crippen LogP contribution >= 0.6 is 11.3 Å². The molecule has 0 spiro atoms. The first-order chi connectivity index (χ1) is 13.9. The van der Waals surface area contributed by atoms with Gasteiger partial charge >= 0.3 is 5.97 Å². The number of rotatable bonds is 12. The van der Waals surface area contributed by atoms with Crippen LogP contribution in [0.5, 0.6) is 0 Å². The van der Waals surface area contributed by atoms with Crippen LogP contribution in [0.1, 0.15) is 70.0 Å². The minimum absolute atomic E-state index is 0.0125. The number of esters is 1. The fourth-order valence-corrected chi connectivity index (χ4v) is 3.81. The minimum Gasteiger partial charge on any atom is -0.458 e. The van der Waals surface area contributed by atoms with Gasteiger partial charge in [0.05, 0.1) is 17.3 Å². The van der Waals surface area contributed by atoms with Crippen molar-refractivity contribution < 1.29 is 19.0 Å². The third-order valence-corrected chi connectivity index (χ3v) is 5.65. The molecule has 0 aromatic carbocycles. The maximum absolute atomic E-state index is 11.4. The Balaban J connectivity index is 1.71. The van der Waals surface area contributed by atoms with E-state index in [2.05, 4.69) is 24.9 Å². The topological polar surface area (TPSA) is 57.7 Å². The third kappa shape index (κ3) is 10.2. The molecule has 3 atom stereocenters. The van der Waals surface area contributed by atoms with Crippen molar-refractivity contribution in [3.63, 3.8) is 0 Å². The number of hydrogen-bond acceptors (Lipinski definition) is 6. The van der Waals surface area contributed by atoms with Gasteiger partial charge in [-0.2, -0.15) is 0 Å². The van der Waals surface area contributed by atoms with Crippen molar-refractivity contribution in [3.05, 3.63) is 33.8 Å². The molecule has 0 saturated carbocycles. The van der Waals surface area contributed by atoms with E-state index >= 15 is 0 Å². The maximum Gasteiger partial charge on any atom is 0.303 e. The summed E-state index contributed by atoms with van der Waals surface area (Å²) in [6.45, 7) is 9.40. The highest BCUT2D eigenvalue weighted by Gasteiger charge is 2.16. The summed E-state index contributed by atoms with van der Waals surface area (Å²) in [5.74, 6) is 0.269. The van der Waals surface area contributed by atoms with Crippen molar-refractivity contribution in [1.82, 2.24) is 4.98 Å². The van der Waals surface area contributed by atoms with Crippen LogP contribution in [0.3, 0.4) is 0 Å². The summed E-state index contributed by atoms with van der Waals surface area (Å²) in [5, 5.41) is 3.03. The molecule has 162 valence electrons. The molecule has 1 saturated heterocycles. The van der Waals surface area contributed by atoms with Gasteiger partial charge in [-0.1, -0.05) is 18.6 Å². The van der Waals surface area contributed by atoms with Crippen molar-refractivity contribution in [2.24, 2.45) is 5.92 Å². The van der Waals surface area contributed by atoms with Crippen LogP contribution in [0.25, 0.3) is 6.08 Å². The second kappa shape index (κ2) is 12.9. The van der Waals surface area contributed by atoms with Gasteiger partial charge in [-0.25, -0.2) is 4.98 Å². The molecule has 1 aliphatic rings. The lowest BCUT2D eigenvalue weighted by Gasteiger charge is -2.16. The van der Waals surface area contributed by atoms with Crippen molar-refractivity contribution in [2.45, 2.75) is 78.6 Å². The number of hydrogen-bond donors (Lipinski definition) is 0. The lowest BCUT2D eigenvalue weighted by molar-refractivity contribution is -0.143. The molecule has 0 aliphatic carbocycles. The summed E-state index contributed by atoms with van der Waals surface area (Å²) in [6.07, 6.45) is 11.9. The van der Waals surface area contributed by atoms with Crippen molar-refractivity contribution in [3.8, 4) is 0 Å². The highest BCUT2D eigenvalue weighted by Crippen LogP contribution is 2.18. The summed E-state index contributed by atoms with van der Waals surface area (Å²) in [5.41, 5.74) is 2.23. The molecular weight excluding hydrogens is 386 g/mol. The molecule has 0 bridgehead atoms. The lowest BCUT2D eigenvalue weighted by Crippen LogP contribution is -2.15. The van der Waals surface area contributed by atoms with Gasteiger partial charge in [0.1, 0.15) is 6.10 Å². The van der Waals surface area contributed by atoms with E-state index in [4.69, 9.17) is 14.2 Å². The van der Waals surface area contributed by atoms with Gasteiger partial charge in [0.2, 0.25) is 0 Å². The summed E-state index contributed by atoms with van der Waals surface area (Å²) < 4.78 is 16.7. The van der Waals surface area contributed by atoms with Crippen LogP contribution in [0.2, 0.25) is 0 Å². The van der Waals surface area contributed by atoms with Gasteiger partial charge in [-0.3, -0.25) is 4.79 Å². The van der Waals surface area contributed by atoms with Crippen molar-refractivity contribution in [2.75, 3.05) is 13.2 Å². The molecule has 1 aromatic heterocycles. The molecule has 1 aromatic rings. The SMILES string of the molecule is CC(=O)OC(/C=C/c1csc(C)n1)C/C=C(\C)CCC[C@H](C)COC1CCCO1. The number of allylic oxidation sites excluding steroid dienone is 1. The number of carbonyl (C=O) groups excluding carboxylic acids is 1. The number of aryl methyl sites for hydroxylation is 1. The van der Waals surface area contributed by atoms with E-state index in [1.807, 2.05) is 24.5 Å². The van der Waals surface area contributed by atoms with Crippen LogP contribution in [0, 0.1) is 12.8 Å². The van der Waals surface area contributed by atoms with Gasteiger partial charge in [-0.05, 0) is 57.6 Å². The molecule has 29 heavy (non-hydrogen) atoms. The Bertz CT molecular complexity index is 676. The zero-order valence-corrected chi connectivity index (χ0v) is 19.0. The third-order valence-electron chi connectivity index (χ3n) is 4.86. The fraction of sp³-hybridized carbons (Fsp3) is 0.652. The molecule has 2 rings (SSSR count). The van der Waals surface area contributed by atoms with Gasteiger partial charge in [0.25, 0.3) is 0 Å². The van der Waals surface area contributed by atoms with Gasteiger partial charge in [-0.15, -0.1) is 11.3 Å². The second-order valence-corrected chi connectivity index (χ2v) is 8.92. The Hall–Kier alpha value is -1.50. The largest absolute Gasteiger partial charge is 0.458 e. The Morgan fingerprint density at radius 3 is 2.93 bits per heavy atom. The highest BCUT2D eigenvalue weighted by molar-refractivity contribution is 7.09. The average Bonchev–Trinajstić information content (AvgIpc) is 3.33. The first-order valence-electron chi connectivity index (χ1n) is 10.6. The number of aromatic nitrogens is 1. The van der Waals surface area contributed by atoms with Gasteiger partial charge in [0.15, 0.2) is 6.29 Å². The number of thiazole rings is 1. The van der Waals surface area contributed by atoms with Gasteiger partial charge in [0, 0.05) is 31.8 Å². The molecule has 2 unspecified atom stereocenters.